The SMILES string of the molecule is CC(C)(C)OC(=O)N[C@H](/C=C/S(=O)(=O)O)CCC(=O)NC(c1ccccc1)(c1ccccc1)c1ccccc1. The molecule has 0 fully saturated rings. The van der Waals surface area contributed by atoms with Gasteiger partial charge in [0.15, 0.2) is 0 Å². The Morgan fingerprint density at radius 2 is 1.28 bits per heavy atom. The van der Waals surface area contributed by atoms with Crippen molar-refractivity contribution >= 4 is 22.1 Å². The van der Waals surface area contributed by atoms with Gasteiger partial charge in [-0.25, -0.2) is 4.79 Å². The number of alkyl carbamates (subject to hydrolysis) is 1. The molecule has 2 amide bonds. The number of nitrogens with one attached hydrogen (secondary N) is 2. The molecule has 0 heterocycles. The van der Waals surface area contributed by atoms with Gasteiger partial charge in [-0.1, -0.05) is 91.0 Å². The quantitative estimate of drug-likeness (QED) is 0.237. The lowest BCUT2D eigenvalue weighted by Gasteiger charge is -2.37. The first kappa shape index (κ1) is 29.6. The van der Waals surface area contributed by atoms with Crippen molar-refractivity contribution in [2.75, 3.05) is 0 Å². The van der Waals surface area contributed by atoms with E-state index in [1.807, 2.05) is 91.0 Å². The van der Waals surface area contributed by atoms with Gasteiger partial charge in [0, 0.05) is 6.42 Å². The molecule has 0 aliphatic carbocycles. The molecule has 9 heteroatoms. The molecule has 206 valence electrons. The Hall–Kier alpha value is -3.95. The molecule has 0 saturated carbocycles. The van der Waals surface area contributed by atoms with Crippen molar-refractivity contribution < 1.29 is 27.3 Å². The van der Waals surface area contributed by atoms with Crippen molar-refractivity contribution in [3.8, 4) is 0 Å². The molecule has 0 bridgehead atoms. The van der Waals surface area contributed by atoms with E-state index in [1.165, 1.54) is 0 Å². The van der Waals surface area contributed by atoms with E-state index >= 15 is 0 Å². The van der Waals surface area contributed by atoms with Crippen LogP contribution in [0.5, 0.6) is 0 Å². The number of hydrogen-bond acceptors (Lipinski definition) is 5. The van der Waals surface area contributed by atoms with Crippen LogP contribution in [0, 0.1) is 0 Å². The molecule has 8 nitrogen and oxygen atoms in total. The highest BCUT2D eigenvalue weighted by molar-refractivity contribution is 7.88. The van der Waals surface area contributed by atoms with Crippen LogP contribution < -0.4 is 10.6 Å². The Morgan fingerprint density at radius 3 is 1.67 bits per heavy atom. The molecule has 0 spiro atoms. The van der Waals surface area contributed by atoms with E-state index in [4.69, 9.17) is 9.29 Å². The first-order valence-electron chi connectivity index (χ1n) is 12.5. The number of carbonyl (C=O) groups excluding carboxylic acids is 2. The largest absolute Gasteiger partial charge is 0.444 e. The number of ether oxygens (including phenoxy) is 1. The zero-order chi connectivity index (χ0) is 28.5. The molecule has 0 aliphatic heterocycles. The number of rotatable bonds is 10. The van der Waals surface area contributed by atoms with E-state index in [9.17, 15) is 18.0 Å². The minimum Gasteiger partial charge on any atom is -0.444 e. The van der Waals surface area contributed by atoms with Crippen LogP contribution in [-0.2, 0) is 25.2 Å². The van der Waals surface area contributed by atoms with E-state index < -0.39 is 33.4 Å². The van der Waals surface area contributed by atoms with Gasteiger partial charge in [0.2, 0.25) is 5.91 Å². The normalized spacial score (nSPS) is 13.0. The van der Waals surface area contributed by atoms with Crippen molar-refractivity contribution in [1.82, 2.24) is 10.6 Å². The van der Waals surface area contributed by atoms with Gasteiger partial charge in [-0.05, 0) is 50.0 Å². The van der Waals surface area contributed by atoms with Gasteiger partial charge in [0.1, 0.15) is 11.1 Å². The zero-order valence-electron chi connectivity index (χ0n) is 22.2. The lowest BCUT2D eigenvalue weighted by atomic mass is 9.77. The molecule has 0 aromatic heterocycles. The lowest BCUT2D eigenvalue weighted by Crippen LogP contribution is -2.48. The van der Waals surface area contributed by atoms with Crippen LogP contribution in [-0.4, -0.2) is 36.6 Å². The highest BCUT2D eigenvalue weighted by atomic mass is 32.2. The summed E-state index contributed by atoms with van der Waals surface area (Å²) in [6.45, 7) is 5.08. The Kier molecular flexibility index (Phi) is 9.66. The molecule has 3 N–H and O–H groups in total. The molecular formula is C30H34N2O6S. The Labute approximate surface area is 229 Å². The average molecular weight is 551 g/mol. The number of carbonyl (C=O) groups is 2. The fraction of sp³-hybridized carbons (Fsp3) is 0.267. The molecular weight excluding hydrogens is 516 g/mol. The van der Waals surface area contributed by atoms with E-state index in [0.717, 1.165) is 22.8 Å². The number of hydrogen-bond donors (Lipinski definition) is 3. The maximum atomic E-state index is 13.6. The average Bonchev–Trinajstić information content (AvgIpc) is 2.89. The Balaban J connectivity index is 1.93. The summed E-state index contributed by atoms with van der Waals surface area (Å²) in [5.41, 5.74) is 0.764. The van der Waals surface area contributed by atoms with Crippen LogP contribution in [0.1, 0.15) is 50.3 Å². The minimum absolute atomic E-state index is 0.0472. The van der Waals surface area contributed by atoms with E-state index in [0.29, 0.717) is 5.41 Å². The van der Waals surface area contributed by atoms with Crippen LogP contribution in [0.4, 0.5) is 4.79 Å². The summed E-state index contributed by atoms with van der Waals surface area (Å²) < 4.78 is 37.0. The topological polar surface area (TPSA) is 122 Å². The van der Waals surface area contributed by atoms with Gasteiger partial charge >= 0.3 is 6.09 Å². The minimum atomic E-state index is -4.44. The summed E-state index contributed by atoms with van der Waals surface area (Å²) in [6, 6.07) is 27.9. The second-order valence-electron chi connectivity index (χ2n) is 10.0. The Bertz CT molecular complexity index is 1270. The monoisotopic (exact) mass is 550 g/mol. The highest BCUT2D eigenvalue weighted by Crippen LogP contribution is 2.36. The van der Waals surface area contributed by atoms with E-state index in [2.05, 4.69) is 10.6 Å². The van der Waals surface area contributed by atoms with Crippen LogP contribution in [0.2, 0.25) is 0 Å². The second-order valence-corrected chi connectivity index (χ2v) is 11.3. The predicted molar refractivity (Wildman–Crippen MR) is 150 cm³/mol. The van der Waals surface area contributed by atoms with Crippen molar-refractivity contribution in [2.24, 2.45) is 0 Å². The van der Waals surface area contributed by atoms with Gasteiger partial charge in [0.05, 0.1) is 11.4 Å². The van der Waals surface area contributed by atoms with Crippen molar-refractivity contribution in [3.05, 3.63) is 119 Å². The number of amides is 2. The third-order valence-corrected chi connectivity index (χ3v) is 6.32. The molecule has 39 heavy (non-hydrogen) atoms. The van der Waals surface area contributed by atoms with E-state index in [1.54, 1.807) is 20.8 Å². The van der Waals surface area contributed by atoms with Crippen LogP contribution in [0.25, 0.3) is 0 Å². The molecule has 0 aliphatic rings. The summed E-state index contributed by atoms with van der Waals surface area (Å²) in [5.74, 6) is -0.331. The maximum absolute atomic E-state index is 13.6. The molecule has 3 rings (SSSR count). The molecule has 3 aromatic carbocycles. The summed E-state index contributed by atoms with van der Waals surface area (Å²) in [4.78, 5) is 25.9. The molecule has 0 radical (unpaired) electrons. The number of benzene rings is 3. The predicted octanol–water partition coefficient (Wildman–Crippen LogP) is 5.17. The first-order valence-corrected chi connectivity index (χ1v) is 14.0. The smallest absolute Gasteiger partial charge is 0.408 e. The van der Waals surface area contributed by atoms with Crippen molar-refractivity contribution in [1.29, 1.82) is 0 Å². The van der Waals surface area contributed by atoms with Crippen LogP contribution >= 0.6 is 0 Å². The third kappa shape index (κ3) is 8.80. The molecule has 0 unspecified atom stereocenters. The summed E-state index contributed by atoms with van der Waals surface area (Å²) in [5, 5.41) is 6.36. The molecule has 0 saturated heterocycles. The summed E-state index contributed by atoms with van der Waals surface area (Å²) in [7, 11) is -4.44. The van der Waals surface area contributed by atoms with Gasteiger partial charge in [-0.15, -0.1) is 0 Å². The van der Waals surface area contributed by atoms with Crippen LogP contribution in [0.3, 0.4) is 0 Å². The fourth-order valence-corrected chi connectivity index (χ4v) is 4.60. The van der Waals surface area contributed by atoms with Gasteiger partial charge in [-0.3, -0.25) is 9.35 Å². The van der Waals surface area contributed by atoms with Crippen LogP contribution in [0.15, 0.2) is 102 Å². The van der Waals surface area contributed by atoms with Crippen molar-refractivity contribution in [2.45, 2.75) is 50.8 Å². The first-order chi connectivity index (χ1) is 18.4. The Morgan fingerprint density at radius 1 is 0.846 bits per heavy atom. The molecule has 3 aromatic rings. The standard InChI is InChI=1S/C30H34N2O6S/c1-29(2,3)38-28(34)31-26(21-22-39(35,36)37)19-20-27(33)32-30(23-13-7-4-8-14-23,24-15-9-5-10-16-24)25-17-11-6-12-18-25/h4-18,21-22,26H,19-20H2,1-3H3,(H,31,34)(H,32,33)(H,35,36,37)/b22-21+/t26-/m0/s1. The maximum Gasteiger partial charge on any atom is 0.408 e. The zero-order valence-corrected chi connectivity index (χ0v) is 23.0. The van der Waals surface area contributed by atoms with E-state index in [-0.39, 0.29) is 18.7 Å². The van der Waals surface area contributed by atoms with Gasteiger partial charge < -0.3 is 15.4 Å². The van der Waals surface area contributed by atoms with Crippen molar-refractivity contribution in [3.63, 3.8) is 0 Å². The lowest BCUT2D eigenvalue weighted by molar-refractivity contribution is -0.122. The molecule has 1 atom stereocenters. The second kappa shape index (κ2) is 12.7. The van der Waals surface area contributed by atoms with Gasteiger partial charge in [0.25, 0.3) is 10.1 Å². The summed E-state index contributed by atoms with van der Waals surface area (Å²) in [6.07, 6.45) is 0.321. The third-order valence-electron chi connectivity index (χ3n) is 5.81. The summed E-state index contributed by atoms with van der Waals surface area (Å²) >= 11 is 0. The fourth-order valence-electron chi connectivity index (χ4n) is 4.21. The van der Waals surface area contributed by atoms with Gasteiger partial charge in [-0.2, -0.15) is 8.42 Å². The highest BCUT2D eigenvalue weighted by Gasteiger charge is 2.37.